The van der Waals surface area contributed by atoms with Crippen LogP contribution in [-0.2, 0) is 9.53 Å². The molecule has 0 bridgehead atoms. The number of carbonyl (C=O) groups excluding carboxylic acids is 1. The Morgan fingerprint density at radius 2 is 2.00 bits per heavy atom. The monoisotopic (exact) mass is 175 g/mol. The van der Waals surface area contributed by atoms with Gasteiger partial charge < -0.3 is 4.74 Å². The Morgan fingerprint density at radius 3 is 2.54 bits per heavy atom. The van der Waals surface area contributed by atoms with Gasteiger partial charge in [0.05, 0.1) is 0 Å². The minimum Gasteiger partial charge on any atom is -0.431 e. The first-order valence-electron chi connectivity index (χ1n) is 4.08. The first kappa shape index (κ1) is 7.98. The van der Waals surface area contributed by atoms with Crippen molar-refractivity contribution in [3.8, 4) is 0 Å². The van der Waals surface area contributed by atoms with E-state index < -0.39 is 6.23 Å². The highest BCUT2D eigenvalue weighted by Gasteiger charge is 2.24. The summed E-state index contributed by atoms with van der Waals surface area (Å²) in [6.45, 7) is 1.66. The standard InChI is InChI=1S/C10H9NO2/c1-7-10(12)13-9(11-7)8-5-3-2-4-6-8/h2-6,9H,1H3. The summed E-state index contributed by atoms with van der Waals surface area (Å²) in [5.41, 5.74) is 1.35. The van der Waals surface area contributed by atoms with Crippen LogP contribution < -0.4 is 0 Å². The van der Waals surface area contributed by atoms with E-state index in [1.54, 1.807) is 6.92 Å². The summed E-state index contributed by atoms with van der Waals surface area (Å²) >= 11 is 0. The third kappa shape index (κ3) is 1.45. The van der Waals surface area contributed by atoms with Crippen LogP contribution in [0.25, 0.3) is 0 Å². The van der Waals surface area contributed by atoms with Gasteiger partial charge in [-0.15, -0.1) is 0 Å². The van der Waals surface area contributed by atoms with Crippen molar-refractivity contribution in [2.24, 2.45) is 4.99 Å². The lowest BCUT2D eigenvalue weighted by atomic mass is 10.2. The molecule has 2 rings (SSSR count). The molecule has 1 atom stereocenters. The predicted octanol–water partition coefficient (Wildman–Crippen LogP) is 1.70. The van der Waals surface area contributed by atoms with Crippen molar-refractivity contribution in [3.05, 3.63) is 35.9 Å². The molecule has 1 aliphatic heterocycles. The van der Waals surface area contributed by atoms with Gasteiger partial charge in [-0.1, -0.05) is 30.3 Å². The molecule has 1 unspecified atom stereocenters. The van der Waals surface area contributed by atoms with E-state index in [-0.39, 0.29) is 5.97 Å². The average Bonchev–Trinajstić information content (AvgIpc) is 2.49. The molecule has 3 nitrogen and oxygen atoms in total. The molecule has 13 heavy (non-hydrogen) atoms. The lowest BCUT2D eigenvalue weighted by Gasteiger charge is -2.05. The maximum Gasteiger partial charge on any atom is 0.354 e. The van der Waals surface area contributed by atoms with E-state index in [2.05, 4.69) is 4.99 Å². The van der Waals surface area contributed by atoms with Crippen molar-refractivity contribution >= 4 is 11.7 Å². The highest BCUT2D eigenvalue weighted by Crippen LogP contribution is 2.23. The van der Waals surface area contributed by atoms with E-state index in [4.69, 9.17) is 4.74 Å². The second-order valence-corrected chi connectivity index (χ2v) is 2.88. The minimum atomic E-state index is -0.436. The summed E-state index contributed by atoms with van der Waals surface area (Å²) < 4.78 is 5.02. The molecule has 3 heteroatoms. The zero-order chi connectivity index (χ0) is 9.26. The molecule has 0 fully saturated rings. The summed E-state index contributed by atoms with van der Waals surface area (Å²) in [7, 11) is 0. The number of benzene rings is 1. The second-order valence-electron chi connectivity index (χ2n) is 2.88. The maximum atomic E-state index is 11.0. The molecule has 0 saturated heterocycles. The van der Waals surface area contributed by atoms with Crippen LogP contribution in [0.5, 0.6) is 0 Å². The summed E-state index contributed by atoms with van der Waals surface area (Å²) in [4.78, 5) is 15.1. The number of carbonyl (C=O) groups is 1. The van der Waals surface area contributed by atoms with E-state index in [0.29, 0.717) is 5.71 Å². The van der Waals surface area contributed by atoms with Crippen LogP contribution in [0.3, 0.4) is 0 Å². The molecule has 0 saturated carbocycles. The minimum absolute atomic E-state index is 0.325. The summed E-state index contributed by atoms with van der Waals surface area (Å²) in [5.74, 6) is -0.325. The molecule has 0 radical (unpaired) electrons. The molecule has 1 aromatic carbocycles. The molecule has 1 aromatic rings. The van der Waals surface area contributed by atoms with E-state index in [1.807, 2.05) is 30.3 Å². The third-order valence-electron chi connectivity index (χ3n) is 1.91. The van der Waals surface area contributed by atoms with Crippen molar-refractivity contribution in [1.29, 1.82) is 0 Å². The number of hydrogen-bond acceptors (Lipinski definition) is 3. The lowest BCUT2D eigenvalue weighted by molar-refractivity contribution is -0.137. The second kappa shape index (κ2) is 3.01. The normalized spacial score (nSPS) is 21.2. The number of ether oxygens (including phenoxy) is 1. The Morgan fingerprint density at radius 1 is 1.31 bits per heavy atom. The zero-order valence-electron chi connectivity index (χ0n) is 7.23. The molecule has 0 aliphatic carbocycles. The van der Waals surface area contributed by atoms with Gasteiger partial charge in [-0.25, -0.2) is 9.79 Å². The topological polar surface area (TPSA) is 38.7 Å². The number of esters is 1. The molecule has 0 N–H and O–H groups in total. The Kier molecular flexibility index (Phi) is 1.85. The average molecular weight is 175 g/mol. The van der Waals surface area contributed by atoms with Crippen LogP contribution in [0.1, 0.15) is 18.7 Å². The number of aliphatic imine (C=N–C) groups is 1. The van der Waals surface area contributed by atoms with Crippen molar-refractivity contribution in [3.63, 3.8) is 0 Å². The van der Waals surface area contributed by atoms with Crippen LogP contribution in [0.15, 0.2) is 35.3 Å². The molecule has 1 aliphatic rings. The van der Waals surface area contributed by atoms with Gasteiger partial charge in [0.15, 0.2) is 0 Å². The van der Waals surface area contributed by atoms with Crippen LogP contribution in [0.4, 0.5) is 0 Å². The van der Waals surface area contributed by atoms with Crippen molar-refractivity contribution in [1.82, 2.24) is 0 Å². The first-order valence-corrected chi connectivity index (χ1v) is 4.08. The molecule has 0 amide bonds. The molecular formula is C10H9NO2. The van der Waals surface area contributed by atoms with E-state index in [9.17, 15) is 4.79 Å². The zero-order valence-corrected chi connectivity index (χ0v) is 7.23. The fraction of sp³-hybridized carbons (Fsp3) is 0.200. The predicted molar refractivity (Wildman–Crippen MR) is 48.4 cm³/mol. The highest BCUT2D eigenvalue weighted by atomic mass is 16.6. The van der Waals surface area contributed by atoms with Crippen LogP contribution in [0.2, 0.25) is 0 Å². The van der Waals surface area contributed by atoms with Gasteiger partial charge in [-0.3, -0.25) is 0 Å². The Bertz CT molecular complexity index is 356. The van der Waals surface area contributed by atoms with Crippen LogP contribution in [0, 0.1) is 0 Å². The fourth-order valence-electron chi connectivity index (χ4n) is 1.20. The van der Waals surface area contributed by atoms with E-state index in [1.165, 1.54) is 0 Å². The quantitative estimate of drug-likeness (QED) is 0.609. The van der Waals surface area contributed by atoms with E-state index >= 15 is 0 Å². The first-order chi connectivity index (χ1) is 6.27. The highest BCUT2D eigenvalue weighted by molar-refractivity contribution is 6.36. The van der Waals surface area contributed by atoms with Gasteiger partial charge in [-0.2, -0.15) is 0 Å². The van der Waals surface area contributed by atoms with Crippen LogP contribution in [-0.4, -0.2) is 11.7 Å². The lowest BCUT2D eigenvalue weighted by Crippen LogP contribution is -2.06. The Balaban J connectivity index is 2.27. The van der Waals surface area contributed by atoms with E-state index in [0.717, 1.165) is 5.56 Å². The third-order valence-corrected chi connectivity index (χ3v) is 1.91. The van der Waals surface area contributed by atoms with Crippen molar-refractivity contribution in [2.45, 2.75) is 13.2 Å². The van der Waals surface area contributed by atoms with Gasteiger partial charge in [0.1, 0.15) is 5.71 Å². The molecular weight excluding hydrogens is 166 g/mol. The fourth-order valence-corrected chi connectivity index (χ4v) is 1.20. The molecule has 66 valence electrons. The summed E-state index contributed by atoms with van der Waals surface area (Å²) in [6.07, 6.45) is -0.436. The van der Waals surface area contributed by atoms with Crippen LogP contribution >= 0.6 is 0 Å². The molecule has 0 aromatic heterocycles. The summed E-state index contributed by atoms with van der Waals surface area (Å²) in [5, 5.41) is 0. The van der Waals surface area contributed by atoms with Crippen molar-refractivity contribution in [2.75, 3.05) is 0 Å². The molecule has 0 spiro atoms. The largest absolute Gasteiger partial charge is 0.431 e. The number of rotatable bonds is 1. The van der Waals surface area contributed by atoms with Gasteiger partial charge in [0, 0.05) is 5.56 Å². The Labute approximate surface area is 76.1 Å². The van der Waals surface area contributed by atoms with Gasteiger partial charge in [0.2, 0.25) is 6.23 Å². The number of nitrogens with zero attached hydrogens (tertiary/aromatic N) is 1. The molecule has 1 heterocycles. The van der Waals surface area contributed by atoms with Gasteiger partial charge in [0.25, 0.3) is 0 Å². The Hall–Kier alpha value is -1.64. The smallest absolute Gasteiger partial charge is 0.354 e. The van der Waals surface area contributed by atoms with Crippen molar-refractivity contribution < 1.29 is 9.53 Å². The van der Waals surface area contributed by atoms with Gasteiger partial charge in [-0.05, 0) is 6.92 Å². The maximum absolute atomic E-state index is 11.0. The SMILES string of the molecule is CC1=NC(c2ccccc2)OC1=O. The number of hydrogen-bond donors (Lipinski definition) is 0. The number of cyclic esters (lactones) is 1. The van der Waals surface area contributed by atoms with Gasteiger partial charge >= 0.3 is 5.97 Å². The summed E-state index contributed by atoms with van der Waals surface area (Å²) in [6, 6.07) is 9.48.